The molecule has 2 rings (SSSR count). The number of carboxylic acid groups (broad SMARTS) is 1. The fourth-order valence-electron chi connectivity index (χ4n) is 2.32. The summed E-state index contributed by atoms with van der Waals surface area (Å²) in [6, 6.07) is 7.13. The minimum atomic E-state index is -0.804. The second-order valence-electron chi connectivity index (χ2n) is 5.47. The molecule has 1 aromatic rings. The van der Waals surface area contributed by atoms with E-state index < -0.39 is 11.9 Å². The summed E-state index contributed by atoms with van der Waals surface area (Å²) in [7, 11) is 0. The average molecular weight is 291 g/mol. The van der Waals surface area contributed by atoms with Gasteiger partial charge in [-0.1, -0.05) is 19.9 Å². The zero-order valence-electron chi connectivity index (χ0n) is 12.4. The molecule has 0 bridgehead atoms. The molecule has 1 atom stereocenters. The van der Waals surface area contributed by atoms with Gasteiger partial charge >= 0.3 is 5.97 Å². The Bertz CT molecular complexity index is 523. The number of rotatable bonds is 6. The van der Waals surface area contributed by atoms with E-state index in [2.05, 4.69) is 0 Å². The van der Waals surface area contributed by atoms with Crippen molar-refractivity contribution in [3.8, 4) is 5.75 Å². The SMILES string of the molecule is CCCOc1cccc(C(=O)N2CC(C(C)C(=O)O)C2)c1. The molecular weight excluding hydrogens is 270 g/mol. The lowest BCUT2D eigenvalue weighted by Crippen LogP contribution is -2.53. The topological polar surface area (TPSA) is 66.8 Å². The van der Waals surface area contributed by atoms with Crippen LogP contribution in [0.5, 0.6) is 5.75 Å². The van der Waals surface area contributed by atoms with E-state index >= 15 is 0 Å². The van der Waals surface area contributed by atoms with E-state index in [1.54, 1.807) is 30.0 Å². The lowest BCUT2D eigenvalue weighted by atomic mass is 9.86. The zero-order chi connectivity index (χ0) is 15.4. The van der Waals surface area contributed by atoms with Crippen LogP contribution in [0.25, 0.3) is 0 Å². The van der Waals surface area contributed by atoms with Crippen LogP contribution >= 0.6 is 0 Å². The van der Waals surface area contributed by atoms with E-state index in [9.17, 15) is 9.59 Å². The molecule has 1 saturated heterocycles. The Balaban J connectivity index is 1.94. The monoisotopic (exact) mass is 291 g/mol. The summed E-state index contributed by atoms with van der Waals surface area (Å²) in [5.74, 6) is -0.536. The molecule has 1 N–H and O–H groups in total. The van der Waals surface area contributed by atoms with Gasteiger partial charge in [-0.05, 0) is 24.6 Å². The Labute approximate surface area is 124 Å². The van der Waals surface area contributed by atoms with E-state index in [1.807, 2.05) is 13.0 Å². The molecule has 1 aliphatic heterocycles. The third-order valence-corrected chi connectivity index (χ3v) is 3.85. The molecule has 0 spiro atoms. The third kappa shape index (κ3) is 3.54. The first-order chi connectivity index (χ1) is 10.0. The van der Waals surface area contributed by atoms with Crippen molar-refractivity contribution in [2.24, 2.45) is 11.8 Å². The van der Waals surface area contributed by atoms with Crippen LogP contribution in [0.4, 0.5) is 0 Å². The predicted octanol–water partition coefficient (Wildman–Crippen LogP) is 2.27. The minimum Gasteiger partial charge on any atom is -0.494 e. The predicted molar refractivity (Wildman–Crippen MR) is 78.4 cm³/mol. The molecule has 1 aliphatic rings. The average Bonchev–Trinajstić information content (AvgIpc) is 2.43. The van der Waals surface area contributed by atoms with Gasteiger partial charge in [0, 0.05) is 24.6 Å². The Morgan fingerprint density at radius 3 is 2.76 bits per heavy atom. The van der Waals surface area contributed by atoms with Gasteiger partial charge in [-0.15, -0.1) is 0 Å². The number of carbonyl (C=O) groups excluding carboxylic acids is 1. The fourth-order valence-corrected chi connectivity index (χ4v) is 2.32. The summed E-state index contributed by atoms with van der Waals surface area (Å²) in [5.41, 5.74) is 0.588. The van der Waals surface area contributed by atoms with Gasteiger partial charge in [0.2, 0.25) is 0 Å². The summed E-state index contributed by atoms with van der Waals surface area (Å²) in [6.07, 6.45) is 0.916. The first-order valence-electron chi connectivity index (χ1n) is 7.28. The number of benzene rings is 1. The maximum Gasteiger partial charge on any atom is 0.306 e. The summed E-state index contributed by atoms with van der Waals surface area (Å²) < 4.78 is 5.52. The van der Waals surface area contributed by atoms with Crippen LogP contribution in [-0.2, 0) is 4.79 Å². The van der Waals surface area contributed by atoms with Gasteiger partial charge in [0.15, 0.2) is 0 Å². The van der Waals surface area contributed by atoms with Gasteiger partial charge < -0.3 is 14.7 Å². The van der Waals surface area contributed by atoms with Gasteiger partial charge in [-0.3, -0.25) is 9.59 Å². The molecule has 0 aromatic heterocycles. The van der Waals surface area contributed by atoms with Crippen molar-refractivity contribution < 1.29 is 19.4 Å². The Morgan fingerprint density at radius 2 is 2.14 bits per heavy atom. The standard InChI is InChI=1S/C16H21NO4/c1-3-7-21-14-6-4-5-12(8-14)15(18)17-9-13(10-17)11(2)16(19)20/h4-6,8,11,13H,3,7,9-10H2,1-2H3,(H,19,20). The van der Waals surface area contributed by atoms with Crippen LogP contribution in [0.1, 0.15) is 30.6 Å². The quantitative estimate of drug-likeness (QED) is 0.873. The van der Waals surface area contributed by atoms with Crippen molar-refractivity contribution in [3.63, 3.8) is 0 Å². The second kappa shape index (κ2) is 6.61. The molecule has 1 amide bonds. The number of likely N-dealkylation sites (tertiary alicyclic amines) is 1. The molecular formula is C16H21NO4. The van der Waals surface area contributed by atoms with Crippen molar-refractivity contribution in [2.75, 3.05) is 19.7 Å². The summed E-state index contributed by atoms with van der Waals surface area (Å²) in [4.78, 5) is 24.9. The van der Waals surface area contributed by atoms with Gasteiger partial charge in [0.25, 0.3) is 5.91 Å². The van der Waals surface area contributed by atoms with E-state index in [0.29, 0.717) is 31.0 Å². The van der Waals surface area contributed by atoms with E-state index in [1.165, 1.54) is 0 Å². The number of carbonyl (C=O) groups is 2. The second-order valence-corrected chi connectivity index (χ2v) is 5.47. The molecule has 1 fully saturated rings. The van der Waals surface area contributed by atoms with Crippen molar-refractivity contribution in [3.05, 3.63) is 29.8 Å². The lowest BCUT2D eigenvalue weighted by molar-refractivity contribution is -0.144. The molecule has 0 saturated carbocycles. The van der Waals surface area contributed by atoms with E-state index in [0.717, 1.165) is 6.42 Å². The first-order valence-corrected chi connectivity index (χ1v) is 7.28. The highest BCUT2D eigenvalue weighted by atomic mass is 16.5. The number of amides is 1. The maximum atomic E-state index is 12.3. The highest BCUT2D eigenvalue weighted by Gasteiger charge is 2.37. The highest BCUT2D eigenvalue weighted by molar-refractivity contribution is 5.95. The molecule has 1 aromatic carbocycles. The number of nitrogens with zero attached hydrogens (tertiary/aromatic N) is 1. The van der Waals surface area contributed by atoms with Gasteiger partial charge in [-0.2, -0.15) is 0 Å². The molecule has 114 valence electrons. The first kappa shape index (κ1) is 15.4. The van der Waals surface area contributed by atoms with Gasteiger partial charge in [0.1, 0.15) is 5.75 Å². The van der Waals surface area contributed by atoms with Crippen molar-refractivity contribution >= 4 is 11.9 Å². The van der Waals surface area contributed by atoms with E-state index in [-0.39, 0.29) is 11.8 Å². The number of aliphatic carboxylic acids is 1. The third-order valence-electron chi connectivity index (χ3n) is 3.85. The van der Waals surface area contributed by atoms with Crippen LogP contribution in [0.2, 0.25) is 0 Å². The molecule has 5 nitrogen and oxygen atoms in total. The normalized spacial score (nSPS) is 16.2. The minimum absolute atomic E-state index is 0.0472. The number of carboxylic acids is 1. The Kier molecular flexibility index (Phi) is 4.83. The van der Waals surface area contributed by atoms with Gasteiger partial charge in [-0.25, -0.2) is 0 Å². The molecule has 1 unspecified atom stereocenters. The summed E-state index contributed by atoms with van der Waals surface area (Å²) in [5, 5.41) is 8.96. The fraction of sp³-hybridized carbons (Fsp3) is 0.500. The van der Waals surface area contributed by atoms with Crippen LogP contribution in [0, 0.1) is 11.8 Å². The Hall–Kier alpha value is -2.04. The van der Waals surface area contributed by atoms with Crippen LogP contribution in [0.3, 0.4) is 0 Å². The smallest absolute Gasteiger partial charge is 0.306 e. The number of hydrogen-bond acceptors (Lipinski definition) is 3. The molecule has 5 heteroatoms. The molecule has 21 heavy (non-hydrogen) atoms. The highest BCUT2D eigenvalue weighted by Crippen LogP contribution is 2.26. The van der Waals surface area contributed by atoms with Gasteiger partial charge in [0.05, 0.1) is 12.5 Å². The lowest BCUT2D eigenvalue weighted by Gasteiger charge is -2.41. The zero-order valence-corrected chi connectivity index (χ0v) is 12.4. The summed E-state index contributed by atoms with van der Waals surface area (Å²) in [6.45, 7) is 5.35. The largest absolute Gasteiger partial charge is 0.494 e. The van der Waals surface area contributed by atoms with Crippen LogP contribution < -0.4 is 4.74 Å². The van der Waals surface area contributed by atoms with Crippen molar-refractivity contribution in [1.29, 1.82) is 0 Å². The molecule has 0 radical (unpaired) electrons. The van der Waals surface area contributed by atoms with E-state index in [4.69, 9.17) is 9.84 Å². The number of ether oxygens (including phenoxy) is 1. The molecule has 0 aliphatic carbocycles. The maximum absolute atomic E-state index is 12.3. The van der Waals surface area contributed by atoms with Crippen LogP contribution in [0.15, 0.2) is 24.3 Å². The van der Waals surface area contributed by atoms with Crippen LogP contribution in [-0.4, -0.2) is 41.6 Å². The number of hydrogen-bond donors (Lipinski definition) is 1. The Morgan fingerprint density at radius 1 is 1.43 bits per heavy atom. The summed E-state index contributed by atoms with van der Waals surface area (Å²) >= 11 is 0. The molecule has 1 heterocycles. The van der Waals surface area contributed by atoms with Crippen molar-refractivity contribution in [2.45, 2.75) is 20.3 Å². The van der Waals surface area contributed by atoms with Crippen molar-refractivity contribution in [1.82, 2.24) is 4.90 Å².